The number of alkyl halides is 3. The van der Waals surface area contributed by atoms with Crippen molar-refractivity contribution in [3.05, 3.63) is 70.9 Å². The lowest BCUT2D eigenvalue weighted by molar-refractivity contribution is -0.192. The number of nitrogens with zero attached hydrogens (tertiary/aromatic N) is 3. The van der Waals surface area contributed by atoms with E-state index >= 15 is 0 Å². The Balaban J connectivity index is 0.000000383. The largest absolute Gasteiger partial charge is 0.490 e. The quantitative estimate of drug-likeness (QED) is 0.593. The molecule has 2 N–H and O–H groups in total. The van der Waals surface area contributed by atoms with Gasteiger partial charge in [0.05, 0.1) is 25.0 Å². The van der Waals surface area contributed by atoms with Crippen LogP contribution >= 0.6 is 0 Å². The number of benzene rings is 1. The first-order valence-electron chi connectivity index (χ1n) is 9.86. The Bertz CT molecular complexity index is 1100. The molecular weight excluding hydrogens is 445 g/mol. The molecule has 1 atom stereocenters. The Morgan fingerprint density at radius 3 is 2.58 bits per heavy atom. The maximum atomic E-state index is 12.2. The molecule has 0 aliphatic carbocycles. The summed E-state index contributed by atoms with van der Waals surface area (Å²) in [4.78, 5) is 21.1. The fourth-order valence-corrected chi connectivity index (χ4v) is 3.14. The van der Waals surface area contributed by atoms with Crippen LogP contribution in [0.2, 0.25) is 0 Å². The summed E-state index contributed by atoms with van der Waals surface area (Å²) >= 11 is 0. The molecule has 176 valence electrons. The Morgan fingerprint density at radius 1 is 1.27 bits per heavy atom. The molecule has 0 bridgehead atoms. The molecule has 2 aromatic heterocycles. The van der Waals surface area contributed by atoms with E-state index in [2.05, 4.69) is 28.8 Å². The number of aliphatic carboxylic acids is 1. The molecule has 12 heteroatoms. The van der Waals surface area contributed by atoms with Gasteiger partial charge in [-0.1, -0.05) is 35.5 Å². The number of hydrogen-bond acceptors (Lipinski definition) is 6. The molecule has 1 aliphatic heterocycles. The highest BCUT2D eigenvalue weighted by atomic mass is 19.4. The summed E-state index contributed by atoms with van der Waals surface area (Å²) < 4.78 is 44.4. The zero-order valence-electron chi connectivity index (χ0n) is 17.5. The molecule has 0 saturated heterocycles. The van der Waals surface area contributed by atoms with Gasteiger partial charge in [0.2, 0.25) is 0 Å². The summed E-state index contributed by atoms with van der Waals surface area (Å²) in [5, 5.41) is 18.3. The van der Waals surface area contributed by atoms with Crippen LogP contribution in [0.3, 0.4) is 0 Å². The van der Waals surface area contributed by atoms with E-state index in [0.29, 0.717) is 31.0 Å². The molecule has 3 aromatic rings. The first kappa shape index (κ1) is 24.0. The van der Waals surface area contributed by atoms with Gasteiger partial charge >= 0.3 is 12.1 Å². The topological polar surface area (TPSA) is 119 Å². The summed E-state index contributed by atoms with van der Waals surface area (Å²) in [6, 6.07) is 10.2. The van der Waals surface area contributed by atoms with E-state index in [-0.39, 0.29) is 12.0 Å². The van der Waals surface area contributed by atoms with Crippen LogP contribution in [0, 0.1) is 6.92 Å². The zero-order chi connectivity index (χ0) is 24.0. The highest BCUT2D eigenvalue weighted by Gasteiger charge is 2.38. The fourth-order valence-electron chi connectivity index (χ4n) is 3.14. The van der Waals surface area contributed by atoms with Crippen molar-refractivity contribution in [1.82, 2.24) is 20.3 Å². The van der Waals surface area contributed by atoms with Gasteiger partial charge < -0.3 is 19.7 Å². The van der Waals surface area contributed by atoms with Gasteiger partial charge in [0, 0.05) is 12.7 Å². The van der Waals surface area contributed by atoms with E-state index in [1.165, 1.54) is 17.3 Å². The Kier molecular flexibility index (Phi) is 7.48. The summed E-state index contributed by atoms with van der Waals surface area (Å²) in [7, 11) is 0. The van der Waals surface area contributed by atoms with Crippen LogP contribution < -0.4 is 5.32 Å². The van der Waals surface area contributed by atoms with Crippen molar-refractivity contribution in [3.63, 3.8) is 0 Å². The van der Waals surface area contributed by atoms with Crippen LogP contribution in [0.4, 0.5) is 13.2 Å². The third-order valence-corrected chi connectivity index (χ3v) is 4.74. The summed E-state index contributed by atoms with van der Waals surface area (Å²) in [5.41, 5.74) is 3.71. The Hall–Kier alpha value is -3.67. The highest BCUT2D eigenvalue weighted by molar-refractivity contribution is 5.94. The molecular formula is C21H21F3N4O5. The monoisotopic (exact) mass is 466 g/mol. The van der Waals surface area contributed by atoms with E-state index in [1.54, 1.807) is 6.92 Å². The normalized spacial score (nSPS) is 15.2. The Morgan fingerprint density at radius 2 is 1.97 bits per heavy atom. The number of carbonyl (C=O) groups is 2. The number of ether oxygens (including phenoxy) is 1. The van der Waals surface area contributed by atoms with E-state index in [0.717, 1.165) is 12.1 Å². The smallest absolute Gasteiger partial charge is 0.475 e. The molecule has 1 amide bonds. The number of amides is 1. The lowest BCUT2D eigenvalue weighted by Gasteiger charge is -2.22. The molecule has 0 radical (unpaired) electrons. The van der Waals surface area contributed by atoms with Gasteiger partial charge in [-0.2, -0.15) is 18.3 Å². The van der Waals surface area contributed by atoms with Crippen LogP contribution in [-0.4, -0.2) is 51.2 Å². The highest BCUT2D eigenvalue weighted by Crippen LogP contribution is 2.25. The van der Waals surface area contributed by atoms with Crippen LogP contribution in [0.1, 0.15) is 39.0 Å². The van der Waals surface area contributed by atoms with E-state index in [9.17, 15) is 18.0 Å². The van der Waals surface area contributed by atoms with Gasteiger partial charge in [0.15, 0.2) is 0 Å². The van der Waals surface area contributed by atoms with E-state index < -0.39 is 12.1 Å². The molecule has 1 aliphatic rings. The zero-order valence-corrected chi connectivity index (χ0v) is 17.5. The van der Waals surface area contributed by atoms with E-state index in [1.807, 2.05) is 22.9 Å². The average Bonchev–Trinajstić information content (AvgIpc) is 3.38. The van der Waals surface area contributed by atoms with Crippen LogP contribution in [-0.2, 0) is 22.5 Å². The minimum atomic E-state index is -5.08. The number of aryl methyl sites for hydroxylation is 1. The van der Waals surface area contributed by atoms with Gasteiger partial charge in [-0.05, 0) is 24.5 Å². The van der Waals surface area contributed by atoms with Crippen molar-refractivity contribution in [2.75, 3.05) is 13.2 Å². The molecule has 0 spiro atoms. The lowest BCUT2D eigenvalue weighted by Crippen LogP contribution is -2.32. The number of halogens is 3. The number of aromatic nitrogens is 3. The van der Waals surface area contributed by atoms with Crippen molar-refractivity contribution in [2.24, 2.45) is 0 Å². The lowest BCUT2D eigenvalue weighted by atomic mass is 10.1. The predicted octanol–water partition coefficient (Wildman–Crippen LogP) is 2.90. The fraction of sp³-hybridized carbons (Fsp3) is 0.333. The number of nitrogens with one attached hydrogen (secondary N) is 1. The average molecular weight is 466 g/mol. The van der Waals surface area contributed by atoms with Crippen molar-refractivity contribution < 1.29 is 37.1 Å². The third kappa shape index (κ3) is 6.42. The minimum absolute atomic E-state index is 0.219. The SMILES string of the molecule is Cc1oncc1C(=O)NCC1OCCc2cn(Cc3ccccc3)nc21.O=C(O)C(F)(F)F. The van der Waals surface area contributed by atoms with Crippen molar-refractivity contribution in [3.8, 4) is 0 Å². The molecule has 0 fully saturated rings. The molecule has 9 nitrogen and oxygen atoms in total. The van der Waals surface area contributed by atoms with Crippen LogP contribution in [0.5, 0.6) is 0 Å². The van der Waals surface area contributed by atoms with Crippen LogP contribution in [0.15, 0.2) is 47.2 Å². The number of carboxylic acids is 1. The number of carboxylic acid groups (broad SMARTS) is 1. The second-order valence-corrected chi connectivity index (χ2v) is 7.14. The number of rotatable bonds is 5. The molecule has 3 heterocycles. The van der Waals surface area contributed by atoms with Crippen LogP contribution in [0.25, 0.3) is 0 Å². The maximum absolute atomic E-state index is 12.2. The maximum Gasteiger partial charge on any atom is 0.490 e. The molecule has 33 heavy (non-hydrogen) atoms. The van der Waals surface area contributed by atoms with Gasteiger partial charge in [0.25, 0.3) is 5.91 Å². The minimum Gasteiger partial charge on any atom is -0.475 e. The summed E-state index contributed by atoms with van der Waals surface area (Å²) in [6.45, 7) is 3.41. The van der Waals surface area contributed by atoms with Crippen molar-refractivity contribution in [2.45, 2.75) is 32.2 Å². The van der Waals surface area contributed by atoms with Gasteiger partial charge in [-0.25, -0.2) is 4.79 Å². The number of carbonyl (C=O) groups excluding carboxylic acids is 1. The standard InChI is InChI=1S/C19H20N4O3.C2HF3O2/c1-13-16(9-21-26-13)19(24)20-10-17-18-15(7-8-25-17)12-23(22-18)11-14-5-3-2-4-6-14;3-2(4,5)1(6)7/h2-6,9,12,17H,7-8,10-11H2,1H3,(H,20,24);(H,6,7). The number of hydrogen-bond donors (Lipinski definition) is 2. The van der Waals surface area contributed by atoms with Gasteiger partial charge in [0.1, 0.15) is 17.4 Å². The van der Waals surface area contributed by atoms with Crippen molar-refractivity contribution in [1.29, 1.82) is 0 Å². The Labute approximate surface area is 186 Å². The number of fused-ring (bicyclic) bond motifs is 1. The molecule has 4 rings (SSSR count). The molecule has 1 aromatic carbocycles. The summed E-state index contributed by atoms with van der Waals surface area (Å²) in [5.74, 6) is -2.48. The molecule has 0 saturated carbocycles. The second-order valence-electron chi connectivity index (χ2n) is 7.14. The third-order valence-electron chi connectivity index (χ3n) is 4.74. The van der Waals surface area contributed by atoms with Crippen molar-refractivity contribution >= 4 is 11.9 Å². The van der Waals surface area contributed by atoms with Gasteiger partial charge in [-0.3, -0.25) is 9.48 Å². The van der Waals surface area contributed by atoms with E-state index in [4.69, 9.17) is 24.3 Å². The van der Waals surface area contributed by atoms with Gasteiger partial charge in [-0.15, -0.1) is 0 Å². The molecule has 1 unspecified atom stereocenters. The predicted molar refractivity (Wildman–Crippen MR) is 107 cm³/mol. The first-order chi connectivity index (χ1) is 15.6. The second kappa shape index (κ2) is 10.3. The summed E-state index contributed by atoms with van der Waals surface area (Å²) in [6.07, 6.45) is -1.00. The first-order valence-corrected chi connectivity index (χ1v) is 9.86.